The molecule has 4 nitrogen and oxygen atoms in total. The SMILES string of the molecule is Cc1cccc2c(CCC(=O)NCCC(O)C(C)C)c[nH]c12. The molecule has 1 amide bonds. The topological polar surface area (TPSA) is 65.1 Å². The van der Waals surface area contributed by atoms with E-state index in [2.05, 4.69) is 29.4 Å². The van der Waals surface area contributed by atoms with E-state index in [1.54, 1.807) is 0 Å². The highest BCUT2D eigenvalue weighted by Crippen LogP contribution is 2.22. The van der Waals surface area contributed by atoms with E-state index in [1.807, 2.05) is 26.1 Å². The molecule has 2 rings (SSSR count). The maximum absolute atomic E-state index is 11.9. The van der Waals surface area contributed by atoms with Crippen molar-refractivity contribution in [2.45, 2.75) is 46.1 Å². The lowest BCUT2D eigenvalue weighted by atomic mass is 10.0. The summed E-state index contributed by atoms with van der Waals surface area (Å²) < 4.78 is 0. The minimum atomic E-state index is -0.350. The molecule has 3 N–H and O–H groups in total. The van der Waals surface area contributed by atoms with Crippen molar-refractivity contribution in [2.75, 3.05) is 6.54 Å². The number of aliphatic hydroxyl groups is 1. The summed E-state index contributed by atoms with van der Waals surface area (Å²) in [6, 6.07) is 6.21. The number of hydrogen-bond donors (Lipinski definition) is 3. The number of aliphatic hydroxyl groups excluding tert-OH is 1. The zero-order valence-corrected chi connectivity index (χ0v) is 13.6. The Morgan fingerprint density at radius 1 is 1.36 bits per heavy atom. The number of aryl methyl sites for hydroxylation is 2. The summed E-state index contributed by atoms with van der Waals surface area (Å²) in [6.07, 6.45) is 3.45. The summed E-state index contributed by atoms with van der Waals surface area (Å²) >= 11 is 0. The Balaban J connectivity index is 1.82. The van der Waals surface area contributed by atoms with Crippen LogP contribution in [0.2, 0.25) is 0 Å². The van der Waals surface area contributed by atoms with Gasteiger partial charge in [0.15, 0.2) is 0 Å². The number of nitrogens with one attached hydrogen (secondary N) is 2. The van der Waals surface area contributed by atoms with Crippen LogP contribution in [0.25, 0.3) is 10.9 Å². The van der Waals surface area contributed by atoms with Gasteiger partial charge in [-0.25, -0.2) is 0 Å². The van der Waals surface area contributed by atoms with Crippen molar-refractivity contribution < 1.29 is 9.90 Å². The summed E-state index contributed by atoms with van der Waals surface area (Å²) in [5, 5.41) is 13.8. The standard InChI is InChI=1S/C18H26N2O2/c1-12(2)16(21)9-10-19-17(22)8-7-14-11-20-18-13(3)5-4-6-15(14)18/h4-6,11-12,16,20-21H,7-10H2,1-3H3,(H,19,22). The highest BCUT2D eigenvalue weighted by atomic mass is 16.3. The molecule has 0 bridgehead atoms. The van der Waals surface area contributed by atoms with Crippen molar-refractivity contribution in [3.05, 3.63) is 35.5 Å². The fraction of sp³-hybridized carbons (Fsp3) is 0.500. The van der Waals surface area contributed by atoms with Gasteiger partial charge in [-0.05, 0) is 36.8 Å². The Hall–Kier alpha value is -1.81. The fourth-order valence-electron chi connectivity index (χ4n) is 2.60. The van der Waals surface area contributed by atoms with Gasteiger partial charge < -0.3 is 15.4 Å². The predicted molar refractivity (Wildman–Crippen MR) is 89.8 cm³/mol. The maximum atomic E-state index is 11.9. The van der Waals surface area contributed by atoms with E-state index >= 15 is 0 Å². The summed E-state index contributed by atoms with van der Waals surface area (Å²) in [5.41, 5.74) is 3.55. The number of rotatable bonds is 7. The van der Waals surface area contributed by atoms with E-state index in [9.17, 15) is 9.90 Å². The van der Waals surface area contributed by atoms with Crippen molar-refractivity contribution in [1.82, 2.24) is 10.3 Å². The van der Waals surface area contributed by atoms with Crippen molar-refractivity contribution in [3.63, 3.8) is 0 Å². The number of benzene rings is 1. The van der Waals surface area contributed by atoms with Crippen LogP contribution in [0.15, 0.2) is 24.4 Å². The van der Waals surface area contributed by atoms with Crippen molar-refractivity contribution in [3.8, 4) is 0 Å². The van der Waals surface area contributed by atoms with Crippen LogP contribution in [0.1, 0.15) is 37.8 Å². The van der Waals surface area contributed by atoms with E-state index in [1.165, 1.54) is 16.5 Å². The van der Waals surface area contributed by atoms with Gasteiger partial charge in [0.25, 0.3) is 0 Å². The first kappa shape index (κ1) is 16.6. The molecule has 1 aromatic carbocycles. The molecule has 22 heavy (non-hydrogen) atoms. The molecule has 0 aliphatic rings. The number of aromatic amines is 1. The smallest absolute Gasteiger partial charge is 0.220 e. The largest absolute Gasteiger partial charge is 0.393 e. The average Bonchev–Trinajstić information content (AvgIpc) is 2.89. The van der Waals surface area contributed by atoms with Crippen LogP contribution in [0.4, 0.5) is 0 Å². The maximum Gasteiger partial charge on any atom is 0.220 e. The van der Waals surface area contributed by atoms with E-state index in [4.69, 9.17) is 0 Å². The molecule has 0 saturated carbocycles. The molecule has 2 aromatic rings. The van der Waals surface area contributed by atoms with Gasteiger partial charge in [0, 0.05) is 30.1 Å². The van der Waals surface area contributed by atoms with Crippen molar-refractivity contribution in [1.29, 1.82) is 0 Å². The normalized spacial score (nSPS) is 12.8. The molecule has 0 aliphatic heterocycles. The number of para-hydroxylation sites is 1. The molecule has 4 heteroatoms. The van der Waals surface area contributed by atoms with E-state index in [-0.39, 0.29) is 17.9 Å². The van der Waals surface area contributed by atoms with Gasteiger partial charge in [0.1, 0.15) is 0 Å². The lowest BCUT2D eigenvalue weighted by molar-refractivity contribution is -0.121. The molecular weight excluding hydrogens is 276 g/mol. The highest BCUT2D eigenvalue weighted by Gasteiger charge is 2.10. The predicted octanol–water partition coefficient (Wildman–Crippen LogP) is 2.93. The molecule has 1 aromatic heterocycles. The second-order valence-corrected chi connectivity index (χ2v) is 6.26. The first-order valence-corrected chi connectivity index (χ1v) is 7.99. The van der Waals surface area contributed by atoms with Crippen LogP contribution >= 0.6 is 0 Å². The number of hydrogen-bond acceptors (Lipinski definition) is 2. The van der Waals surface area contributed by atoms with Gasteiger partial charge in [-0.15, -0.1) is 0 Å². The third kappa shape index (κ3) is 4.10. The summed E-state index contributed by atoms with van der Waals surface area (Å²) in [5.74, 6) is 0.268. The Kier molecular flexibility index (Phi) is 5.61. The molecule has 1 heterocycles. The molecule has 120 valence electrons. The second kappa shape index (κ2) is 7.45. The van der Waals surface area contributed by atoms with Gasteiger partial charge in [0.2, 0.25) is 5.91 Å². The van der Waals surface area contributed by atoms with E-state index in [0.717, 1.165) is 11.9 Å². The molecule has 0 saturated heterocycles. The third-order valence-corrected chi connectivity index (χ3v) is 4.16. The van der Waals surface area contributed by atoms with Crippen LogP contribution < -0.4 is 5.32 Å². The van der Waals surface area contributed by atoms with E-state index < -0.39 is 0 Å². The molecule has 0 radical (unpaired) electrons. The number of aromatic nitrogens is 1. The highest BCUT2D eigenvalue weighted by molar-refractivity contribution is 5.86. The van der Waals surface area contributed by atoms with Crippen LogP contribution in [-0.2, 0) is 11.2 Å². The number of amides is 1. The Labute approximate surface area is 131 Å². The molecule has 0 fully saturated rings. The molecule has 0 spiro atoms. The number of fused-ring (bicyclic) bond motifs is 1. The summed E-state index contributed by atoms with van der Waals surface area (Å²) in [4.78, 5) is 15.2. The van der Waals surface area contributed by atoms with Crippen LogP contribution in [0.5, 0.6) is 0 Å². The van der Waals surface area contributed by atoms with Crippen LogP contribution in [0, 0.1) is 12.8 Å². The van der Waals surface area contributed by atoms with Crippen molar-refractivity contribution in [2.24, 2.45) is 5.92 Å². The third-order valence-electron chi connectivity index (χ3n) is 4.16. The molecular formula is C18H26N2O2. The van der Waals surface area contributed by atoms with Crippen LogP contribution in [0.3, 0.4) is 0 Å². The minimum Gasteiger partial charge on any atom is -0.393 e. The number of carbonyl (C=O) groups is 1. The monoisotopic (exact) mass is 302 g/mol. The first-order chi connectivity index (χ1) is 10.5. The molecule has 1 unspecified atom stereocenters. The Bertz CT molecular complexity index is 631. The number of H-pyrrole nitrogens is 1. The summed E-state index contributed by atoms with van der Waals surface area (Å²) in [7, 11) is 0. The van der Waals surface area contributed by atoms with E-state index in [0.29, 0.717) is 19.4 Å². The van der Waals surface area contributed by atoms with Gasteiger partial charge in [-0.3, -0.25) is 4.79 Å². The minimum absolute atomic E-state index is 0.0398. The van der Waals surface area contributed by atoms with Gasteiger partial charge in [0.05, 0.1) is 6.10 Å². The Morgan fingerprint density at radius 2 is 2.14 bits per heavy atom. The Morgan fingerprint density at radius 3 is 2.86 bits per heavy atom. The van der Waals surface area contributed by atoms with Crippen molar-refractivity contribution >= 4 is 16.8 Å². The average molecular weight is 302 g/mol. The quantitative estimate of drug-likeness (QED) is 0.736. The zero-order valence-electron chi connectivity index (χ0n) is 13.6. The molecule has 0 aliphatic carbocycles. The van der Waals surface area contributed by atoms with Crippen LogP contribution in [-0.4, -0.2) is 28.6 Å². The van der Waals surface area contributed by atoms with Gasteiger partial charge >= 0.3 is 0 Å². The first-order valence-electron chi connectivity index (χ1n) is 7.99. The lowest BCUT2D eigenvalue weighted by Crippen LogP contribution is -2.28. The zero-order chi connectivity index (χ0) is 16.1. The lowest BCUT2D eigenvalue weighted by Gasteiger charge is -2.14. The summed E-state index contributed by atoms with van der Waals surface area (Å²) in [6.45, 7) is 6.57. The second-order valence-electron chi connectivity index (χ2n) is 6.26. The fourth-order valence-corrected chi connectivity index (χ4v) is 2.60. The van der Waals surface area contributed by atoms with Gasteiger partial charge in [-0.1, -0.05) is 32.0 Å². The van der Waals surface area contributed by atoms with Gasteiger partial charge in [-0.2, -0.15) is 0 Å². The number of carbonyl (C=O) groups excluding carboxylic acids is 1. The molecule has 1 atom stereocenters.